The van der Waals surface area contributed by atoms with Gasteiger partial charge in [-0.3, -0.25) is 4.98 Å². The highest BCUT2D eigenvalue weighted by atomic mass is 15.0. The summed E-state index contributed by atoms with van der Waals surface area (Å²) >= 11 is 0. The molecule has 4 heteroatoms. The Morgan fingerprint density at radius 2 is 0.820 bits per heavy atom. The van der Waals surface area contributed by atoms with E-state index in [0.29, 0.717) is 17.5 Å². The van der Waals surface area contributed by atoms with E-state index in [-0.39, 0.29) is 0 Å². The first kappa shape index (κ1) is 28.3. The summed E-state index contributed by atoms with van der Waals surface area (Å²) in [5, 5.41) is 3.61. The molecule has 0 radical (unpaired) electrons. The summed E-state index contributed by atoms with van der Waals surface area (Å²) in [6, 6.07) is 57.4. The molecule has 1 aliphatic carbocycles. The first-order valence-corrected chi connectivity index (χ1v) is 16.8. The molecule has 232 valence electrons. The van der Waals surface area contributed by atoms with Gasteiger partial charge in [-0.05, 0) is 74.0 Å². The third-order valence-electron chi connectivity index (χ3n) is 9.69. The van der Waals surface area contributed by atoms with Crippen molar-refractivity contribution in [3.05, 3.63) is 170 Å². The van der Waals surface area contributed by atoms with E-state index in [2.05, 4.69) is 97.1 Å². The van der Waals surface area contributed by atoms with Crippen molar-refractivity contribution >= 4 is 21.7 Å². The predicted octanol–water partition coefficient (Wildman–Crippen LogP) is 11.6. The molecule has 0 atom stereocenters. The van der Waals surface area contributed by atoms with Gasteiger partial charge in [0.25, 0.3) is 0 Å². The van der Waals surface area contributed by atoms with E-state index in [1.807, 2.05) is 72.9 Å². The van der Waals surface area contributed by atoms with Gasteiger partial charge in [-0.2, -0.15) is 0 Å². The van der Waals surface area contributed by atoms with Crippen LogP contribution < -0.4 is 0 Å². The van der Waals surface area contributed by atoms with E-state index in [1.165, 1.54) is 33.0 Å². The molecular formula is C46H28N4. The molecule has 0 unspecified atom stereocenters. The predicted molar refractivity (Wildman–Crippen MR) is 204 cm³/mol. The van der Waals surface area contributed by atoms with Crippen LogP contribution in [0.3, 0.4) is 0 Å². The zero-order valence-corrected chi connectivity index (χ0v) is 27.0. The van der Waals surface area contributed by atoms with Gasteiger partial charge in [-0.1, -0.05) is 140 Å². The zero-order valence-electron chi connectivity index (χ0n) is 27.0. The third-order valence-corrected chi connectivity index (χ3v) is 9.69. The van der Waals surface area contributed by atoms with Gasteiger partial charge >= 0.3 is 0 Å². The highest BCUT2D eigenvalue weighted by Crippen LogP contribution is 2.49. The number of benzene rings is 7. The lowest BCUT2D eigenvalue weighted by molar-refractivity contribution is 1.07. The van der Waals surface area contributed by atoms with Crippen molar-refractivity contribution in [1.82, 2.24) is 19.9 Å². The Hall–Kier alpha value is -6.78. The summed E-state index contributed by atoms with van der Waals surface area (Å²) in [7, 11) is 0. The largest absolute Gasteiger partial charge is 0.256 e. The molecule has 0 amide bonds. The van der Waals surface area contributed by atoms with Crippen LogP contribution in [-0.2, 0) is 0 Å². The summed E-state index contributed by atoms with van der Waals surface area (Å²) in [6.07, 6.45) is 1.86. The van der Waals surface area contributed by atoms with Crippen molar-refractivity contribution in [2.45, 2.75) is 0 Å². The van der Waals surface area contributed by atoms with Gasteiger partial charge in [0.2, 0.25) is 0 Å². The smallest absolute Gasteiger partial charge is 0.164 e. The molecule has 10 rings (SSSR count). The van der Waals surface area contributed by atoms with Crippen molar-refractivity contribution in [1.29, 1.82) is 0 Å². The van der Waals surface area contributed by atoms with Crippen LogP contribution in [0.25, 0.3) is 100 Å². The Morgan fingerprint density at radius 3 is 1.52 bits per heavy atom. The number of fused-ring (bicyclic) bond motifs is 4. The standard InChI is InChI=1S/C46H28N4/c1-3-12-30(13-4-1)44-48-45(31-14-5-2-6-15-31)50-46(49-44)34-27-32(26-33(28-34)36-20-9-16-29-17-11-25-47-43(29)36)35-23-24-41-38-19-8-7-18-37(38)40-22-10-21-39(35)42(40)41/h1-28H. The SMILES string of the molecule is c1ccc(-c2nc(-c3ccccc3)nc(-c3cc(-c4ccc5c6c(cccc46)-c4ccccc4-5)cc(-c4cccc5cccnc45)c3)n2)cc1. The van der Waals surface area contributed by atoms with Gasteiger partial charge in [0.1, 0.15) is 0 Å². The molecule has 0 saturated heterocycles. The van der Waals surface area contributed by atoms with Crippen molar-refractivity contribution in [2.24, 2.45) is 0 Å². The Morgan fingerprint density at radius 1 is 0.320 bits per heavy atom. The summed E-state index contributed by atoms with van der Waals surface area (Å²) < 4.78 is 0. The van der Waals surface area contributed by atoms with Gasteiger partial charge in [-0.25, -0.2) is 15.0 Å². The molecule has 2 aromatic heterocycles. The number of hydrogen-bond donors (Lipinski definition) is 0. The molecule has 4 nitrogen and oxygen atoms in total. The average Bonchev–Trinajstić information content (AvgIpc) is 3.53. The highest BCUT2D eigenvalue weighted by molar-refractivity contribution is 6.18. The average molecular weight is 637 g/mol. The Labute approximate surface area is 289 Å². The zero-order chi connectivity index (χ0) is 33.0. The molecule has 7 aromatic carbocycles. The Balaban J connectivity index is 1.25. The minimum absolute atomic E-state index is 0.618. The fourth-order valence-electron chi connectivity index (χ4n) is 7.40. The second-order valence-corrected chi connectivity index (χ2v) is 12.7. The minimum atomic E-state index is 0.618. The summed E-state index contributed by atoms with van der Waals surface area (Å²) in [5.41, 5.74) is 13.2. The van der Waals surface area contributed by atoms with Crippen LogP contribution in [0.5, 0.6) is 0 Å². The Bertz CT molecular complexity index is 2660. The van der Waals surface area contributed by atoms with Crippen molar-refractivity contribution < 1.29 is 0 Å². The molecule has 0 saturated carbocycles. The Kier molecular flexibility index (Phi) is 6.46. The van der Waals surface area contributed by atoms with Gasteiger partial charge in [0.15, 0.2) is 17.5 Å². The highest BCUT2D eigenvalue weighted by Gasteiger charge is 2.23. The monoisotopic (exact) mass is 636 g/mol. The van der Waals surface area contributed by atoms with Crippen LogP contribution in [-0.4, -0.2) is 19.9 Å². The lowest BCUT2D eigenvalue weighted by Crippen LogP contribution is -2.00. The quantitative estimate of drug-likeness (QED) is 0.189. The lowest BCUT2D eigenvalue weighted by Gasteiger charge is -2.15. The maximum absolute atomic E-state index is 5.12. The molecule has 50 heavy (non-hydrogen) atoms. The van der Waals surface area contributed by atoms with E-state index in [1.54, 1.807) is 0 Å². The molecule has 0 fully saturated rings. The first-order chi connectivity index (χ1) is 24.8. The fourth-order valence-corrected chi connectivity index (χ4v) is 7.40. The number of nitrogens with zero attached hydrogens (tertiary/aromatic N) is 4. The molecule has 0 N–H and O–H groups in total. The summed E-state index contributed by atoms with van der Waals surface area (Å²) in [4.78, 5) is 20.0. The molecule has 0 bridgehead atoms. The number of hydrogen-bond acceptors (Lipinski definition) is 4. The summed E-state index contributed by atoms with van der Waals surface area (Å²) in [5.74, 6) is 1.89. The van der Waals surface area contributed by atoms with Crippen LogP contribution in [0.2, 0.25) is 0 Å². The summed E-state index contributed by atoms with van der Waals surface area (Å²) in [6.45, 7) is 0. The number of rotatable bonds is 5. The third kappa shape index (κ3) is 4.61. The topological polar surface area (TPSA) is 51.6 Å². The number of para-hydroxylation sites is 1. The normalized spacial score (nSPS) is 11.6. The van der Waals surface area contributed by atoms with Gasteiger partial charge in [0, 0.05) is 33.8 Å². The van der Waals surface area contributed by atoms with E-state index in [0.717, 1.165) is 49.8 Å². The second kappa shape index (κ2) is 11.4. The van der Waals surface area contributed by atoms with E-state index < -0.39 is 0 Å². The van der Waals surface area contributed by atoms with Gasteiger partial charge < -0.3 is 0 Å². The van der Waals surface area contributed by atoms with Crippen molar-refractivity contribution in [3.8, 4) is 78.7 Å². The van der Waals surface area contributed by atoms with E-state index in [9.17, 15) is 0 Å². The van der Waals surface area contributed by atoms with Gasteiger partial charge in [0.05, 0.1) is 5.52 Å². The molecule has 9 aromatic rings. The van der Waals surface area contributed by atoms with E-state index in [4.69, 9.17) is 19.9 Å². The van der Waals surface area contributed by atoms with Crippen LogP contribution in [0.4, 0.5) is 0 Å². The molecule has 1 aliphatic rings. The molecule has 0 aliphatic heterocycles. The minimum Gasteiger partial charge on any atom is -0.256 e. The second-order valence-electron chi connectivity index (χ2n) is 12.7. The fraction of sp³-hybridized carbons (Fsp3) is 0. The van der Waals surface area contributed by atoms with Crippen LogP contribution >= 0.6 is 0 Å². The maximum atomic E-state index is 5.12. The van der Waals surface area contributed by atoms with Crippen LogP contribution in [0.15, 0.2) is 170 Å². The molecule has 0 spiro atoms. The van der Waals surface area contributed by atoms with Gasteiger partial charge in [-0.15, -0.1) is 0 Å². The van der Waals surface area contributed by atoms with E-state index >= 15 is 0 Å². The maximum Gasteiger partial charge on any atom is 0.164 e. The molecular weight excluding hydrogens is 609 g/mol. The van der Waals surface area contributed by atoms with Crippen LogP contribution in [0, 0.1) is 0 Å². The first-order valence-electron chi connectivity index (χ1n) is 16.8. The van der Waals surface area contributed by atoms with Crippen molar-refractivity contribution in [3.63, 3.8) is 0 Å². The van der Waals surface area contributed by atoms with Crippen LogP contribution in [0.1, 0.15) is 0 Å². The number of pyridine rings is 1. The lowest BCUT2D eigenvalue weighted by atomic mass is 9.90. The number of aromatic nitrogens is 4. The van der Waals surface area contributed by atoms with Crippen molar-refractivity contribution in [2.75, 3.05) is 0 Å². The molecule has 2 heterocycles.